The first-order valence-electron chi connectivity index (χ1n) is 10.3. The fraction of sp³-hybridized carbons (Fsp3) is 0.308. The van der Waals surface area contributed by atoms with Gasteiger partial charge in [0.1, 0.15) is 0 Å². The Bertz CT molecular complexity index is 679. The number of aryl methyl sites for hydroxylation is 1. The molecule has 2 aromatic rings. The van der Waals surface area contributed by atoms with Crippen LogP contribution in [0.2, 0.25) is 0 Å². The van der Waals surface area contributed by atoms with Gasteiger partial charge in [-0.1, -0.05) is 102 Å². The highest BCUT2D eigenvalue weighted by Gasteiger charge is 2.04. The number of anilines is 2. The van der Waals surface area contributed by atoms with Gasteiger partial charge >= 0.3 is 0 Å². The van der Waals surface area contributed by atoms with Gasteiger partial charge in [0.05, 0.1) is 0 Å². The maximum atomic E-state index is 3.78. The van der Waals surface area contributed by atoms with E-state index in [1.54, 1.807) is 0 Å². The van der Waals surface area contributed by atoms with Gasteiger partial charge in [-0.25, -0.2) is 0 Å². The second-order valence-corrected chi connectivity index (χ2v) is 5.63. The summed E-state index contributed by atoms with van der Waals surface area (Å²) in [5.41, 5.74) is 5.90. The van der Waals surface area contributed by atoms with Gasteiger partial charge in [-0.15, -0.1) is 0 Å². The fourth-order valence-electron chi connectivity index (χ4n) is 2.22. The molecule has 1 atom stereocenters. The maximum Gasteiger partial charge on any atom is 0.0441 e. The Morgan fingerprint density at radius 3 is 1.64 bits per heavy atom. The average molecular weight is 398 g/mol. The van der Waals surface area contributed by atoms with Crippen LogP contribution >= 0.6 is 9.39 Å². The highest BCUT2D eigenvalue weighted by Crippen LogP contribution is 2.30. The first-order valence-corrected chi connectivity index (χ1v) is 10.8. The van der Waals surface area contributed by atoms with Crippen LogP contribution in [0.15, 0.2) is 79.4 Å². The summed E-state index contributed by atoms with van der Waals surface area (Å²) in [7, 11) is 2.77. The highest BCUT2D eigenvalue weighted by atomic mass is 31.0. The Kier molecular flexibility index (Phi) is 18.3. The minimum Gasteiger partial charge on any atom is -0.326 e. The molecule has 0 heterocycles. The molecule has 2 heteroatoms. The third-order valence-electron chi connectivity index (χ3n) is 3.43. The van der Waals surface area contributed by atoms with Crippen LogP contribution in [0.25, 0.3) is 5.57 Å². The summed E-state index contributed by atoms with van der Waals surface area (Å²) in [6.45, 7) is 19.9. The molecular formula is C26H40NP. The van der Waals surface area contributed by atoms with E-state index in [0.29, 0.717) is 0 Å². The van der Waals surface area contributed by atoms with E-state index in [2.05, 4.69) is 82.2 Å². The standard InChI is InChI=1S/C20H22NP.3C2H6/c1-4-6-17(7-5-2)18-10-14-20(15-11-18)21(22)19-12-8-16(3)9-13-19;3*1-2/h4-15H,1,22H2,2-3H3;3*1-2H3/b7-5-,17-6+;;;. The van der Waals surface area contributed by atoms with E-state index in [0.717, 1.165) is 16.9 Å². The largest absolute Gasteiger partial charge is 0.326 e. The molecule has 1 nitrogen and oxygen atoms in total. The maximum absolute atomic E-state index is 3.78. The molecule has 0 saturated heterocycles. The molecule has 0 bridgehead atoms. The Labute approximate surface area is 177 Å². The average Bonchev–Trinajstić information content (AvgIpc) is 2.78. The quantitative estimate of drug-likeness (QED) is 0.359. The molecule has 154 valence electrons. The SMILES string of the molecule is C=C/C=C(\C=C/C)c1ccc(N(P)c2ccc(C)cc2)cc1.CC.CC.CC. The van der Waals surface area contributed by atoms with Crippen molar-refractivity contribution in [3.05, 3.63) is 90.5 Å². The van der Waals surface area contributed by atoms with Crippen molar-refractivity contribution in [3.8, 4) is 0 Å². The first kappa shape index (κ1) is 28.1. The normalized spacial score (nSPS) is 9.82. The van der Waals surface area contributed by atoms with Gasteiger partial charge in [0.2, 0.25) is 0 Å². The van der Waals surface area contributed by atoms with Gasteiger partial charge in [0.15, 0.2) is 0 Å². The van der Waals surface area contributed by atoms with Crippen LogP contribution < -0.4 is 4.67 Å². The van der Waals surface area contributed by atoms with Crippen LogP contribution in [-0.2, 0) is 0 Å². The second-order valence-electron chi connectivity index (χ2n) is 5.11. The minimum absolute atomic E-state index is 1.14. The van der Waals surface area contributed by atoms with E-state index >= 15 is 0 Å². The summed E-state index contributed by atoms with van der Waals surface area (Å²) in [6.07, 6.45) is 7.97. The van der Waals surface area contributed by atoms with Crippen molar-refractivity contribution in [2.75, 3.05) is 4.67 Å². The van der Waals surface area contributed by atoms with Crippen LogP contribution in [0.4, 0.5) is 11.4 Å². The van der Waals surface area contributed by atoms with Crippen molar-refractivity contribution < 1.29 is 0 Å². The molecule has 1 unspecified atom stereocenters. The molecule has 0 fully saturated rings. The second kappa shape index (κ2) is 18.3. The lowest BCUT2D eigenvalue weighted by atomic mass is 10.0. The number of hydrogen-bond acceptors (Lipinski definition) is 1. The first-order chi connectivity index (χ1) is 13.7. The predicted molar refractivity (Wildman–Crippen MR) is 137 cm³/mol. The molecule has 0 saturated carbocycles. The topological polar surface area (TPSA) is 3.24 Å². The van der Waals surface area contributed by atoms with Crippen molar-refractivity contribution >= 4 is 26.3 Å². The van der Waals surface area contributed by atoms with E-state index in [9.17, 15) is 0 Å². The number of allylic oxidation sites excluding steroid dienone is 5. The van der Waals surface area contributed by atoms with Crippen molar-refractivity contribution in [2.45, 2.75) is 55.4 Å². The minimum atomic E-state index is 1.14. The zero-order valence-corrected chi connectivity index (χ0v) is 20.3. The monoisotopic (exact) mass is 397 g/mol. The number of hydrogen-bond donors (Lipinski definition) is 0. The molecule has 0 aliphatic carbocycles. The lowest BCUT2D eigenvalue weighted by Gasteiger charge is -2.19. The third-order valence-corrected chi connectivity index (χ3v) is 4.03. The Morgan fingerprint density at radius 1 is 0.821 bits per heavy atom. The van der Waals surface area contributed by atoms with Gasteiger partial charge in [-0.2, -0.15) is 0 Å². The van der Waals surface area contributed by atoms with E-state index < -0.39 is 0 Å². The Morgan fingerprint density at radius 2 is 1.25 bits per heavy atom. The Balaban J connectivity index is 0. The summed E-state index contributed by atoms with van der Waals surface area (Å²) in [4.78, 5) is 0. The van der Waals surface area contributed by atoms with Crippen molar-refractivity contribution in [3.63, 3.8) is 0 Å². The van der Waals surface area contributed by atoms with E-state index in [1.807, 2.05) is 66.7 Å². The zero-order chi connectivity index (χ0) is 21.9. The van der Waals surface area contributed by atoms with Crippen molar-refractivity contribution in [2.24, 2.45) is 0 Å². The van der Waals surface area contributed by atoms with E-state index in [4.69, 9.17) is 0 Å². The summed E-state index contributed by atoms with van der Waals surface area (Å²) in [6, 6.07) is 17.0. The fourth-order valence-corrected chi connectivity index (χ4v) is 2.57. The van der Waals surface area contributed by atoms with Gasteiger partial charge in [-0.05, 0) is 58.6 Å². The van der Waals surface area contributed by atoms with Crippen molar-refractivity contribution in [1.29, 1.82) is 0 Å². The number of benzene rings is 2. The molecule has 0 spiro atoms. The van der Waals surface area contributed by atoms with Crippen molar-refractivity contribution in [1.82, 2.24) is 0 Å². The molecule has 28 heavy (non-hydrogen) atoms. The summed E-state index contributed by atoms with van der Waals surface area (Å²) >= 11 is 0. The molecule has 0 amide bonds. The smallest absolute Gasteiger partial charge is 0.0441 e. The van der Waals surface area contributed by atoms with Crippen LogP contribution in [0, 0.1) is 6.92 Å². The lowest BCUT2D eigenvalue weighted by molar-refractivity contribution is 1.39. The Hall–Kier alpha value is -2.11. The predicted octanol–water partition coefficient (Wildman–Crippen LogP) is 9.15. The molecular weight excluding hydrogens is 357 g/mol. The summed E-state index contributed by atoms with van der Waals surface area (Å²) < 4.78 is 2.11. The van der Waals surface area contributed by atoms with Gasteiger partial charge in [0, 0.05) is 11.4 Å². The third kappa shape index (κ3) is 9.72. The molecule has 2 aromatic carbocycles. The number of rotatable bonds is 5. The van der Waals surface area contributed by atoms with Crippen LogP contribution in [0.1, 0.15) is 59.6 Å². The van der Waals surface area contributed by atoms with Crippen LogP contribution in [0.3, 0.4) is 0 Å². The molecule has 0 N–H and O–H groups in total. The summed E-state index contributed by atoms with van der Waals surface area (Å²) in [5, 5.41) is 0. The molecule has 0 aromatic heterocycles. The number of nitrogens with zero attached hydrogens (tertiary/aromatic N) is 1. The molecule has 0 aliphatic heterocycles. The summed E-state index contributed by atoms with van der Waals surface area (Å²) in [5.74, 6) is 0. The molecule has 2 rings (SSSR count). The molecule has 0 aliphatic rings. The highest BCUT2D eigenvalue weighted by molar-refractivity contribution is 7.19. The van der Waals surface area contributed by atoms with Gasteiger partial charge in [0.25, 0.3) is 0 Å². The van der Waals surface area contributed by atoms with Crippen LogP contribution in [-0.4, -0.2) is 0 Å². The lowest BCUT2D eigenvalue weighted by Crippen LogP contribution is -2.00. The molecule has 0 radical (unpaired) electrons. The van der Waals surface area contributed by atoms with Crippen LogP contribution in [0.5, 0.6) is 0 Å². The van der Waals surface area contributed by atoms with Gasteiger partial charge in [-0.3, -0.25) is 0 Å². The van der Waals surface area contributed by atoms with E-state index in [1.165, 1.54) is 11.1 Å². The van der Waals surface area contributed by atoms with Gasteiger partial charge < -0.3 is 4.67 Å². The van der Waals surface area contributed by atoms with E-state index in [-0.39, 0.29) is 0 Å². The zero-order valence-electron chi connectivity index (χ0n) is 19.2.